The number of aromatic nitrogens is 1. The largest absolute Gasteiger partial charge is 0.487 e. The molecule has 0 amide bonds. The van der Waals surface area contributed by atoms with E-state index in [-0.39, 0.29) is 0 Å². The zero-order valence-electron chi connectivity index (χ0n) is 12.2. The number of ether oxygens (including phenoxy) is 1. The molecule has 3 rings (SSSR count). The molecule has 0 unspecified atom stereocenters. The lowest BCUT2D eigenvalue weighted by atomic mass is 9.90. The van der Waals surface area contributed by atoms with Crippen molar-refractivity contribution < 1.29 is 4.74 Å². The average molecular weight is 321 g/mol. The first-order valence-electron chi connectivity index (χ1n) is 7.49. The zero-order chi connectivity index (χ0) is 14.7. The molecule has 0 saturated heterocycles. The van der Waals surface area contributed by atoms with Gasteiger partial charge in [-0.15, -0.1) is 11.3 Å². The number of benzene rings is 1. The molecule has 1 aromatic heterocycles. The third-order valence-corrected chi connectivity index (χ3v) is 5.47. The first-order chi connectivity index (χ1) is 10.2. The van der Waals surface area contributed by atoms with Crippen LogP contribution >= 0.6 is 22.9 Å². The van der Waals surface area contributed by atoms with Gasteiger partial charge in [-0.25, -0.2) is 4.98 Å². The number of hydrogen-bond donors (Lipinski definition) is 0. The van der Waals surface area contributed by atoms with Gasteiger partial charge in [0.2, 0.25) is 0 Å². The van der Waals surface area contributed by atoms with E-state index in [1.165, 1.54) is 42.0 Å². The molecule has 0 aliphatic heterocycles. The summed E-state index contributed by atoms with van der Waals surface area (Å²) in [6.45, 7) is 2.62. The SMILES string of the molecule is Cc1nc(C2CCCCC2)sc1COc1[c]c(Cl)ccc1. The molecule has 2 aromatic rings. The van der Waals surface area contributed by atoms with Gasteiger partial charge in [-0.1, -0.05) is 36.9 Å². The Labute approximate surface area is 135 Å². The highest BCUT2D eigenvalue weighted by atomic mass is 35.5. The van der Waals surface area contributed by atoms with Crippen molar-refractivity contribution in [3.8, 4) is 5.75 Å². The van der Waals surface area contributed by atoms with Gasteiger partial charge in [-0.3, -0.25) is 0 Å². The Kier molecular flexibility index (Phi) is 4.81. The summed E-state index contributed by atoms with van der Waals surface area (Å²) < 4.78 is 5.78. The lowest BCUT2D eigenvalue weighted by Gasteiger charge is -2.18. The number of thiazole rings is 1. The van der Waals surface area contributed by atoms with E-state index in [2.05, 4.69) is 13.0 Å². The number of halogens is 1. The molecule has 1 saturated carbocycles. The Balaban J connectivity index is 1.66. The molecule has 1 aliphatic carbocycles. The first-order valence-corrected chi connectivity index (χ1v) is 8.68. The van der Waals surface area contributed by atoms with Crippen molar-refractivity contribution in [3.05, 3.63) is 44.9 Å². The van der Waals surface area contributed by atoms with Gasteiger partial charge in [0.25, 0.3) is 0 Å². The summed E-state index contributed by atoms with van der Waals surface area (Å²) in [5, 5.41) is 1.87. The highest BCUT2D eigenvalue weighted by Gasteiger charge is 2.20. The zero-order valence-corrected chi connectivity index (χ0v) is 13.8. The van der Waals surface area contributed by atoms with Crippen LogP contribution in [0, 0.1) is 13.0 Å². The van der Waals surface area contributed by atoms with Crippen molar-refractivity contribution >= 4 is 22.9 Å². The Hall–Kier alpha value is -1.06. The van der Waals surface area contributed by atoms with Crippen LogP contribution in [0.3, 0.4) is 0 Å². The highest BCUT2D eigenvalue weighted by Crippen LogP contribution is 2.36. The lowest BCUT2D eigenvalue weighted by Crippen LogP contribution is -2.03. The molecule has 0 spiro atoms. The Bertz CT molecular complexity index is 605. The van der Waals surface area contributed by atoms with E-state index in [0.29, 0.717) is 23.3 Å². The third kappa shape index (κ3) is 3.78. The van der Waals surface area contributed by atoms with Gasteiger partial charge in [0.15, 0.2) is 0 Å². The molecule has 1 radical (unpaired) electrons. The van der Waals surface area contributed by atoms with Gasteiger partial charge < -0.3 is 4.74 Å². The Morgan fingerprint density at radius 2 is 2.14 bits per heavy atom. The second-order valence-electron chi connectivity index (χ2n) is 5.55. The molecule has 1 aliphatic rings. The normalized spacial score (nSPS) is 16.1. The second-order valence-corrected chi connectivity index (χ2v) is 7.07. The topological polar surface area (TPSA) is 22.1 Å². The molecular formula is C17H19ClNOS. The molecule has 1 fully saturated rings. The van der Waals surface area contributed by atoms with Gasteiger partial charge in [0, 0.05) is 12.0 Å². The summed E-state index contributed by atoms with van der Waals surface area (Å²) in [5.74, 6) is 1.35. The van der Waals surface area contributed by atoms with Gasteiger partial charge in [0.1, 0.15) is 12.4 Å². The summed E-state index contributed by atoms with van der Waals surface area (Å²) in [5.41, 5.74) is 1.10. The summed E-state index contributed by atoms with van der Waals surface area (Å²) in [7, 11) is 0. The van der Waals surface area contributed by atoms with Gasteiger partial charge >= 0.3 is 0 Å². The molecule has 0 bridgehead atoms. The van der Waals surface area contributed by atoms with Gasteiger partial charge in [0.05, 0.1) is 20.6 Å². The first kappa shape index (κ1) is 14.9. The number of aryl methyl sites for hydroxylation is 1. The van der Waals surface area contributed by atoms with E-state index in [1.54, 1.807) is 17.4 Å². The maximum absolute atomic E-state index is 5.92. The maximum Gasteiger partial charge on any atom is 0.129 e. The standard InChI is InChI=1S/C17H19ClNOS/c1-12-16(11-20-15-9-5-8-14(18)10-15)21-17(19-12)13-6-3-2-4-7-13/h5,8-9,13H,2-4,6-7,11H2,1H3. The molecule has 4 heteroatoms. The monoisotopic (exact) mass is 320 g/mol. The Morgan fingerprint density at radius 1 is 1.33 bits per heavy atom. The van der Waals surface area contributed by atoms with Crippen LogP contribution in [-0.4, -0.2) is 4.98 Å². The summed E-state index contributed by atoms with van der Waals surface area (Å²) in [4.78, 5) is 5.98. The smallest absolute Gasteiger partial charge is 0.129 e. The van der Waals surface area contributed by atoms with Crippen LogP contribution in [0.25, 0.3) is 0 Å². The van der Waals surface area contributed by atoms with E-state index in [9.17, 15) is 0 Å². The fourth-order valence-electron chi connectivity index (χ4n) is 2.76. The average Bonchev–Trinajstić information content (AvgIpc) is 2.87. The van der Waals surface area contributed by atoms with Crippen molar-refractivity contribution in [2.45, 2.75) is 51.6 Å². The van der Waals surface area contributed by atoms with Crippen LogP contribution in [-0.2, 0) is 6.61 Å². The van der Waals surface area contributed by atoms with Crippen LogP contribution in [0.15, 0.2) is 18.2 Å². The van der Waals surface area contributed by atoms with E-state index in [1.807, 2.05) is 12.1 Å². The molecule has 1 heterocycles. The third-order valence-electron chi connectivity index (χ3n) is 3.96. The van der Waals surface area contributed by atoms with Crippen molar-refractivity contribution in [3.63, 3.8) is 0 Å². The quantitative estimate of drug-likeness (QED) is 0.738. The minimum Gasteiger partial charge on any atom is -0.487 e. The molecule has 21 heavy (non-hydrogen) atoms. The summed E-state index contributed by atoms with van der Waals surface area (Å²) in [6.07, 6.45) is 6.63. The molecule has 1 aromatic carbocycles. The molecule has 0 atom stereocenters. The lowest BCUT2D eigenvalue weighted by molar-refractivity contribution is 0.308. The Morgan fingerprint density at radius 3 is 2.90 bits per heavy atom. The highest BCUT2D eigenvalue weighted by molar-refractivity contribution is 7.11. The van der Waals surface area contributed by atoms with Crippen LogP contribution in [0.1, 0.15) is 53.6 Å². The van der Waals surface area contributed by atoms with E-state index < -0.39 is 0 Å². The van der Waals surface area contributed by atoms with E-state index in [4.69, 9.17) is 21.3 Å². The molecular weight excluding hydrogens is 302 g/mol. The fraction of sp³-hybridized carbons (Fsp3) is 0.471. The van der Waals surface area contributed by atoms with E-state index >= 15 is 0 Å². The van der Waals surface area contributed by atoms with Crippen molar-refractivity contribution in [1.29, 1.82) is 0 Å². The van der Waals surface area contributed by atoms with Crippen LogP contribution in [0.5, 0.6) is 5.75 Å². The van der Waals surface area contributed by atoms with Crippen molar-refractivity contribution in [1.82, 2.24) is 4.98 Å². The van der Waals surface area contributed by atoms with Crippen LogP contribution < -0.4 is 4.74 Å². The van der Waals surface area contributed by atoms with Crippen molar-refractivity contribution in [2.75, 3.05) is 0 Å². The van der Waals surface area contributed by atoms with E-state index in [0.717, 1.165) is 5.69 Å². The molecule has 111 valence electrons. The summed E-state index contributed by atoms with van der Waals surface area (Å²) in [6, 6.07) is 8.55. The van der Waals surface area contributed by atoms with Gasteiger partial charge in [-0.05, 0) is 31.9 Å². The summed E-state index contributed by atoms with van der Waals surface area (Å²) >= 11 is 7.72. The second kappa shape index (κ2) is 6.80. The predicted molar refractivity (Wildman–Crippen MR) is 87.3 cm³/mol. The van der Waals surface area contributed by atoms with Crippen molar-refractivity contribution in [2.24, 2.45) is 0 Å². The van der Waals surface area contributed by atoms with Crippen LogP contribution in [0.4, 0.5) is 0 Å². The number of hydrogen-bond acceptors (Lipinski definition) is 3. The predicted octanol–water partition coefficient (Wildman–Crippen LogP) is 5.53. The van der Waals surface area contributed by atoms with Crippen LogP contribution in [0.2, 0.25) is 5.02 Å². The van der Waals surface area contributed by atoms with Gasteiger partial charge in [-0.2, -0.15) is 0 Å². The number of rotatable bonds is 4. The minimum absolute atomic E-state index is 0.549. The molecule has 2 nitrogen and oxygen atoms in total. The minimum atomic E-state index is 0.549. The molecule has 0 N–H and O–H groups in total. The fourth-order valence-corrected chi connectivity index (χ4v) is 4.07. The number of nitrogens with zero attached hydrogens (tertiary/aromatic N) is 1. The maximum atomic E-state index is 5.92.